The van der Waals surface area contributed by atoms with Crippen LogP contribution in [0.2, 0.25) is 0 Å². The second-order valence-electron chi connectivity index (χ2n) is 15.7. The van der Waals surface area contributed by atoms with E-state index in [1.165, 1.54) is 0 Å². The summed E-state index contributed by atoms with van der Waals surface area (Å²) in [6.07, 6.45) is 3.71. The smallest absolute Gasteiger partial charge is 0.193 e. The maximum Gasteiger partial charge on any atom is 0.193 e. The van der Waals surface area contributed by atoms with E-state index in [9.17, 15) is 42.1 Å². The van der Waals surface area contributed by atoms with Gasteiger partial charge in [-0.3, -0.25) is 0 Å². The van der Waals surface area contributed by atoms with Gasteiger partial charge in [-0.15, -0.1) is 0 Å². The molecule has 3 atom stereocenters. The van der Waals surface area contributed by atoms with E-state index in [2.05, 4.69) is 48.6 Å². The van der Waals surface area contributed by atoms with Gasteiger partial charge in [0.2, 0.25) is 0 Å². The zero-order valence-corrected chi connectivity index (χ0v) is 32.1. The molecule has 5 aliphatic rings. The van der Waals surface area contributed by atoms with Crippen molar-refractivity contribution in [3.8, 4) is 48.6 Å². The van der Waals surface area contributed by atoms with Crippen molar-refractivity contribution in [3.63, 3.8) is 0 Å². The first-order valence-corrected chi connectivity index (χ1v) is 17.9. The van der Waals surface area contributed by atoms with Crippen molar-refractivity contribution in [2.45, 2.75) is 33.1 Å². The molecule has 10 nitrogen and oxygen atoms in total. The highest BCUT2D eigenvalue weighted by atomic mass is 15.1. The maximum absolute atomic E-state index is 11.5. The van der Waals surface area contributed by atoms with E-state index < -0.39 is 44.8 Å². The highest BCUT2D eigenvalue weighted by Crippen LogP contribution is 2.73. The largest absolute Gasteiger partial charge is 0.378 e. The monoisotopic (exact) mass is 718 g/mol. The lowest BCUT2D eigenvalue weighted by molar-refractivity contribution is 0.158. The van der Waals surface area contributed by atoms with Crippen LogP contribution in [0.4, 0.5) is 11.4 Å². The van der Waals surface area contributed by atoms with E-state index in [4.69, 9.17) is 0 Å². The minimum absolute atomic E-state index is 0.230. The topological polar surface area (TPSA) is 197 Å². The molecule has 0 saturated carbocycles. The third-order valence-electron chi connectivity index (χ3n) is 12.8. The summed E-state index contributed by atoms with van der Waals surface area (Å²) in [6.45, 7) is 7.34. The standard InChI is InChI=1S/C45H38N10/c1-27(2)34-17-36-28(3)37-35-18-45(30-9-13-32(14-10-30)54(5)6,31-11-15-33(16-12-31)55(7)8)44(25-52,26-53)43(23-50,24-51)39(35)29(4)38(37)40(34)42(21-48,22-49)41(36,19-46)20-47/h9-18,27,36,39-40H,1-8H3. The summed E-state index contributed by atoms with van der Waals surface area (Å²) in [5.74, 6) is -3.48. The molecule has 3 unspecified atom stereocenters. The molecule has 0 heterocycles. The number of anilines is 2. The zero-order valence-electron chi connectivity index (χ0n) is 32.1. The van der Waals surface area contributed by atoms with E-state index in [1.807, 2.05) is 113 Å². The molecule has 268 valence electrons. The molecule has 0 aliphatic heterocycles. The molecule has 0 saturated heterocycles. The van der Waals surface area contributed by atoms with Gasteiger partial charge >= 0.3 is 0 Å². The first kappa shape index (κ1) is 37.7. The minimum Gasteiger partial charge on any atom is -0.378 e. The van der Waals surface area contributed by atoms with Gasteiger partial charge in [0.05, 0.1) is 54.0 Å². The van der Waals surface area contributed by atoms with Crippen molar-refractivity contribution in [2.75, 3.05) is 38.0 Å². The molecule has 0 radical (unpaired) electrons. The molecule has 0 spiro atoms. The molecule has 7 rings (SSSR count). The van der Waals surface area contributed by atoms with Crippen LogP contribution >= 0.6 is 0 Å². The van der Waals surface area contributed by atoms with Gasteiger partial charge < -0.3 is 9.80 Å². The average Bonchev–Trinajstić information content (AvgIpc) is 3.36. The van der Waals surface area contributed by atoms with Gasteiger partial charge in [0, 0.05) is 57.3 Å². The van der Waals surface area contributed by atoms with Crippen LogP contribution in [-0.4, -0.2) is 28.2 Å². The predicted molar refractivity (Wildman–Crippen MR) is 204 cm³/mol. The maximum atomic E-state index is 11.5. The van der Waals surface area contributed by atoms with Gasteiger partial charge in [0.1, 0.15) is 0 Å². The van der Waals surface area contributed by atoms with Gasteiger partial charge in [-0.05, 0) is 71.9 Å². The van der Waals surface area contributed by atoms with Gasteiger partial charge in [-0.25, -0.2) is 0 Å². The van der Waals surface area contributed by atoms with Crippen molar-refractivity contribution in [3.05, 3.63) is 105 Å². The SMILES string of the molecule is CC1=C2C3=CC(c4ccc(N(C)C)cc4)(c4ccc(N(C)C)cc4)C(C#N)(C#N)C(C#N)(C#N)C3C(C)=C2C2C(C(C)C)=CC1C(C#N)(C#N)C2(C#N)C#N. The van der Waals surface area contributed by atoms with Crippen LogP contribution in [0.15, 0.2) is 94.1 Å². The van der Waals surface area contributed by atoms with Crippen molar-refractivity contribution in [1.29, 1.82) is 42.1 Å². The van der Waals surface area contributed by atoms with E-state index in [0.29, 0.717) is 44.6 Å². The Balaban J connectivity index is 1.89. The molecule has 0 N–H and O–H groups in total. The Bertz CT molecular complexity index is 2400. The molecule has 55 heavy (non-hydrogen) atoms. The molecular weight excluding hydrogens is 681 g/mol. The van der Waals surface area contributed by atoms with Crippen molar-refractivity contribution < 1.29 is 0 Å². The summed E-state index contributed by atoms with van der Waals surface area (Å²) in [5.41, 5.74) is -4.90. The summed E-state index contributed by atoms with van der Waals surface area (Å²) in [7, 11) is 7.55. The first-order chi connectivity index (χ1) is 26.1. The molecular formula is C45H38N10. The fourth-order valence-electron chi connectivity index (χ4n) is 10.1. The Labute approximate surface area is 322 Å². The van der Waals surface area contributed by atoms with Crippen LogP contribution in [0.1, 0.15) is 38.8 Å². The number of nitrogens with zero attached hydrogens (tertiary/aromatic N) is 10. The van der Waals surface area contributed by atoms with Gasteiger partial charge in [-0.2, -0.15) is 42.1 Å². The van der Waals surface area contributed by atoms with Crippen molar-refractivity contribution >= 4 is 11.4 Å². The molecule has 2 aromatic rings. The zero-order chi connectivity index (χ0) is 40.5. The number of hydrogen-bond donors (Lipinski definition) is 0. The van der Waals surface area contributed by atoms with Crippen LogP contribution in [0.3, 0.4) is 0 Å². The van der Waals surface area contributed by atoms with E-state index in [-0.39, 0.29) is 5.92 Å². The number of allylic oxidation sites excluding steroid dienone is 8. The third-order valence-corrected chi connectivity index (χ3v) is 12.8. The first-order valence-electron chi connectivity index (χ1n) is 17.9. The predicted octanol–water partition coefficient (Wildman–Crippen LogP) is 7.28. The Morgan fingerprint density at radius 3 is 1.36 bits per heavy atom. The molecule has 10 heteroatoms. The number of fused-ring (bicyclic) bond motifs is 2. The lowest BCUT2D eigenvalue weighted by Gasteiger charge is -2.53. The molecule has 5 aliphatic carbocycles. The van der Waals surface area contributed by atoms with E-state index in [1.54, 1.807) is 13.8 Å². The normalized spacial score (nSPS) is 23.9. The summed E-state index contributed by atoms with van der Waals surface area (Å²) in [4.78, 5) is 3.82. The number of nitriles is 8. The van der Waals surface area contributed by atoms with Crippen LogP contribution in [0.25, 0.3) is 0 Å². The summed E-state index contributed by atoms with van der Waals surface area (Å²) in [5, 5.41) is 89.9. The molecule has 0 aromatic heterocycles. The summed E-state index contributed by atoms with van der Waals surface area (Å²) >= 11 is 0. The minimum atomic E-state index is -2.36. The van der Waals surface area contributed by atoms with Crippen LogP contribution in [-0.2, 0) is 5.41 Å². The third kappa shape index (κ3) is 4.16. The second kappa shape index (κ2) is 12.5. The quantitative estimate of drug-likeness (QED) is 0.283. The number of rotatable bonds is 5. The summed E-state index contributed by atoms with van der Waals surface area (Å²) < 4.78 is 0. The Hall–Kier alpha value is -7.08. The van der Waals surface area contributed by atoms with Gasteiger partial charge in [0.15, 0.2) is 21.7 Å². The Morgan fingerprint density at radius 1 is 0.564 bits per heavy atom. The molecule has 0 amide bonds. The van der Waals surface area contributed by atoms with Gasteiger partial charge in [0.25, 0.3) is 0 Å². The molecule has 2 bridgehead atoms. The molecule has 2 aromatic carbocycles. The van der Waals surface area contributed by atoms with Crippen molar-refractivity contribution in [1.82, 2.24) is 0 Å². The van der Waals surface area contributed by atoms with E-state index in [0.717, 1.165) is 11.4 Å². The van der Waals surface area contributed by atoms with Gasteiger partial charge in [-0.1, -0.05) is 67.0 Å². The van der Waals surface area contributed by atoms with E-state index >= 15 is 0 Å². The molecule has 0 fully saturated rings. The highest BCUT2D eigenvalue weighted by Gasteiger charge is 2.76. The van der Waals surface area contributed by atoms with Crippen LogP contribution in [0, 0.1) is 136 Å². The lowest BCUT2D eigenvalue weighted by Crippen LogP contribution is -2.59. The summed E-state index contributed by atoms with van der Waals surface area (Å²) in [6, 6.07) is 32.4. The second-order valence-corrected chi connectivity index (χ2v) is 15.7. The Kier molecular flexibility index (Phi) is 8.57. The Morgan fingerprint density at radius 2 is 1.00 bits per heavy atom. The van der Waals surface area contributed by atoms with Crippen LogP contribution in [0.5, 0.6) is 0 Å². The number of benzene rings is 2. The average molecular weight is 719 g/mol. The number of hydrogen-bond acceptors (Lipinski definition) is 10. The highest BCUT2D eigenvalue weighted by molar-refractivity contribution is 5.76. The lowest BCUT2D eigenvalue weighted by atomic mass is 9.41. The fourth-order valence-corrected chi connectivity index (χ4v) is 10.1. The van der Waals surface area contributed by atoms with Crippen molar-refractivity contribution in [2.24, 2.45) is 45.3 Å². The fraction of sp³-hybridized carbons (Fsp3) is 0.378. The van der Waals surface area contributed by atoms with Crippen LogP contribution < -0.4 is 9.80 Å².